The highest BCUT2D eigenvalue weighted by molar-refractivity contribution is 5.20. The average Bonchev–Trinajstić information content (AvgIpc) is 2.41. The van der Waals surface area contributed by atoms with Crippen molar-refractivity contribution < 1.29 is 4.42 Å². The summed E-state index contributed by atoms with van der Waals surface area (Å²) in [6.45, 7) is 11.1. The van der Waals surface area contributed by atoms with Gasteiger partial charge in [0.1, 0.15) is 5.76 Å². The molecule has 1 aromatic rings. The molecule has 1 atom stereocenters. The van der Waals surface area contributed by atoms with E-state index in [9.17, 15) is 0 Å². The van der Waals surface area contributed by atoms with Gasteiger partial charge in [-0.15, -0.1) is 0 Å². The van der Waals surface area contributed by atoms with Crippen molar-refractivity contribution in [3.05, 3.63) is 17.3 Å². The fourth-order valence-electron chi connectivity index (χ4n) is 2.56. The molecular formula is C14H24N2O. The van der Waals surface area contributed by atoms with Crippen molar-refractivity contribution >= 4 is 0 Å². The molecule has 1 aromatic heterocycles. The monoisotopic (exact) mass is 236 g/mol. The number of hydrogen-bond donors (Lipinski definition) is 1. The number of rotatable bonds is 1. The number of oxazole rings is 1. The van der Waals surface area contributed by atoms with Crippen molar-refractivity contribution in [2.24, 2.45) is 16.6 Å². The Kier molecular flexibility index (Phi) is 2.85. The standard InChI is InChI=1S/C14H24N2O/c1-13(2,3)8-11-16-12-9(15)6-14(4,5)7-10(12)17-11/h9H,6-8,15H2,1-5H3. The van der Waals surface area contributed by atoms with E-state index < -0.39 is 0 Å². The van der Waals surface area contributed by atoms with Gasteiger partial charge in [-0.1, -0.05) is 34.6 Å². The van der Waals surface area contributed by atoms with E-state index in [1.54, 1.807) is 0 Å². The van der Waals surface area contributed by atoms with E-state index in [4.69, 9.17) is 10.2 Å². The fraction of sp³-hybridized carbons (Fsp3) is 0.786. The Hall–Kier alpha value is -0.830. The smallest absolute Gasteiger partial charge is 0.195 e. The Morgan fingerprint density at radius 1 is 1.41 bits per heavy atom. The van der Waals surface area contributed by atoms with Crippen LogP contribution in [0.4, 0.5) is 0 Å². The minimum Gasteiger partial charge on any atom is -0.445 e. The molecular weight excluding hydrogens is 212 g/mol. The molecule has 2 rings (SSSR count). The zero-order valence-corrected chi connectivity index (χ0v) is 11.6. The molecule has 0 saturated carbocycles. The molecule has 0 aromatic carbocycles. The molecule has 0 fully saturated rings. The van der Waals surface area contributed by atoms with E-state index in [0.717, 1.165) is 36.6 Å². The highest BCUT2D eigenvalue weighted by Crippen LogP contribution is 2.40. The predicted molar refractivity (Wildman–Crippen MR) is 68.7 cm³/mol. The largest absolute Gasteiger partial charge is 0.445 e. The molecule has 3 nitrogen and oxygen atoms in total. The van der Waals surface area contributed by atoms with Crippen molar-refractivity contribution in [3.63, 3.8) is 0 Å². The van der Waals surface area contributed by atoms with Crippen LogP contribution in [0.2, 0.25) is 0 Å². The first-order valence-electron chi connectivity index (χ1n) is 6.40. The van der Waals surface area contributed by atoms with Gasteiger partial charge in [0.2, 0.25) is 0 Å². The third-order valence-corrected chi connectivity index (χ3v) is 3.22. The van der Waals surface area contributed by atoms with E-state index >= 15 is 0 Å². The Labute approximate surface area is 104 Å². The molecule has 0 amide bonds. The van der Waals surface area contributed by atoms with Crippen LogP contribution in [-0.2, 0) is 12.8 Å². The van der Waals surface area contributed by atoms with Gasteiger partial charge in [0.15, 0.2) is 5.89 Å². The van der Waals surface area contributed by atoms with Gasteiger partial charge in [-0.25, -0.2) is 4.98 Å². The van der Waals surface area contributed by atoms with Crippen LogP contribution in [-0.4, -0.2) is 4.98 Å². The summed E-state index contributed by atoms with van der Waals surface area (Å²) >= 11 is 0. The van der Waals surface area contributed by atoms with Gasteiger partial charge < -0.3 is 10.2 Å². The van der Waals surface area contributed by atoms with Crippen LogP contribution in [0.3, 0.4) is 0 Å². The van der Waals surface area contributed by atoms with Crippen LogP contribution in [0.1, 0.15) is 64.4 Å². The lowest BCUT2D eigenvalue weighted by molar-refractivity contribution is 0.250. The van der Waals surface area contributed by atoms with Gasteiger partial charge in [0.05, 0.1) is 11.7 Å². The normalized spacial score (nSPS) is 23.5. The van der Waals surface area contributed by atoms with Crippen LogP contribution in [0, 0.1) is 10.8 Å². The third kappa shape index (κ3) is 2.89. The molecule has 1 aliphatic rings. The van der Waals surface area contributed by atoms with Crippen LogP contribution < -0.4 is 5.73 Å². The second-order valence-corrected chi connectivity index (χ2v) is 7.31. The van der Waals surface area contributed by atoms with Gasteiger partial charge in [0, 0.05) is 12.8 Å². The Morgan fingerprint density at radius 2 is 2.06 bits per heavy atom. The lowest BCUT2D eigenvalue weighted by Gasteiger charge is -2.31. The molecule has 0 saturated heterocycles. The van der Waals surface area contributed by atoms with E-state index in [1.165, 1.54) is 0 Å². The summed E-state index contributed by atoms with van der Waals surface area (Å²) < 4.78 is 5.90. The van der Waals surface area contributed by atoms with Crippen molar-refractivity contribution in [1.29, 1.82) is 0 Å². The molecule has 96 valence electrons. The van der Waals surface area contributed by atoms with E-state index in [2.05, 4.69) is 39.6 Å². The van der Waals surface area contributed by atoms with Gasteiger partial charge in [-0.3, -0.25) is 0 Å². The van der Waals surface area contributed by atoms with Crippen LogP contribution in [0.15, 0.2) is 4.42 Å². The minimum atomic E-state index is 0.0335. The summed E-state index contributed by atoms with van der Waals surface area (Å²) in [6, 6.07) is 0.0335. The number of aromatic nitrogens is 1. The van der Waals surface area contributed by atoms with E-state index in [0.29, 0.717) is 0 Å². The van der Waals surface area contributed by atoms with E-state index in [1.807, 2.05) is 0 Å². The van der Waals surface area contributed by atoms with Crippen LogP contribution in [0.25, 0.3) is 0 Å². The molecule has 1 heterocycles. The number of nitrogens with two attached hydrogens (primary N) is 1. The summed E-state index contributed by atoms with van der Waals surface area (Å²) in [4.78, 5) is 4.59. The number of hydrogen-bond acceptors (Lipinski definition) is 3. The summed E-state index contributed by atoms with van der Waals surface area (Å²) in [5.74, 6) is 1.85. The summed E-state index contributed by atoms with van der Waals surface area (Å²) in [5.41, 5.74) is 7.59. The maximum Gasteiger partial charge on any atom is 0.195 e. The topological polar surface area (TPSA) is 52.0 Å². The van der Waals surface area contributed by atoms with Crippen molar-refractivity contribution in [2.45, 2.75) is 59.9 Å². The maximum atomic E-state index is 6.18. The molecule has 3 heteroatoms. The Balaban J connectivity index is 2.27. The Bertz CT molecular complexity index is 412. The average molecular weight is 236 g/mol. The highest BCUT2D eigenvalue weighted by Gasteiger charge is 2.34. The highest BCUT2D eigenvalue weighted by atomic mass is 16.4. The van der Waals surface area contributed by atoms with E-state index in [-0.39, 0.29) is 16.9 Å². The van der Waals surface area contributed by atoms with Crippen molar-refractivity contribution in [2.75, 3.05) is 0 Å². The van der Waals surface area contributed by atoms with Gasteiger partial charge >= 0.3 is 0 Å². The quantitative estimate of drug-likeness (QED) is 0.814. The predicted octanol–water partition coefficient (Wildman–Crippen LogP) is 3.24. The second-order valence-electron chi connectivity index (χ2n) is 7.31. The van der Waals surface area contributed by atoms with Crippen molar-refractivity contribution in [1.82, 2.24) is 4.98 Å². The first kappa shape index (κ1) is 12.6. The van der Waals surface area contributed by atoms with Crippen molar-refractivity contribution in [3.8, 4) is 0 Å². The second kappa shape index (κ2) is 3.84. The number of fused-ring (bicyclic) bond motifs is 1. The molecule has 0 spiro atoms. The Morgan fingerprint density at radius 3 is 2.65 bits per heavy atom. The molecule has 0 radical (unpaired) electrons. The summed E-state index contributed by atoms with van der Waals surface area (Å²) in [6.07, 6.45) is 2.81. The minimum absolute atomic E-state index is 0.0335. The maximum absolute atomic E-state index is 6.18. The van der Waals surface area contributed by atoms with Crippen LogP contribution in [0.5, 0.6) is 0 Å². The molecule has 1 aliphatic carbocycles. The summed E-state index contributed by atoms with van der Waals surface area (Å²) in [7, 11) is 0. The molecule has 1 unspecified atom stereocenters. The fourth-order valence-corrected chi connectivity index (χ4v) is 2.56. The summed E-state index contributed by atoms with van der Waals surface area (Å²) in [5, 5.41) is 0. The zero-order valence-electron chi connectivity index (χ0n) is 11.6. The van der Waals surface area contributed by atoms with Gasteiger partial charge in [0.25, 0.3) is 0 Å². The van der Waals surface area contributed by atoms with Crippen LogP contribution >= 0.6 is 0 Å². The first-order chi connectivity index (χ1) is 7.66. The SMILES string of the molecule is CC(C)(C)Cc1nc2c(o1)CC(C)(C)CC2N. The molecule has 17 heavy (non-hydrogen) atoms. The zero-order chi connectivity index (χ0) is 12.8. The lowest BCUT2D eigenvalue weighted by Crippen LogP contribution is -2.29. The first-order valence-corrected chi connectivity index (χ1v) is 6.40. The molecule has 2 N–H and O–H groups in total. The molecule has 0 aliphatic heterocycles. The van der Waals surface area contributed by atoms with Gasteiger partial charge in [-0.05, 0) is 17.3 Å². The lowest BCUT2D eigenvalue weighted by atomic mass is 9.76. The third-order valence-electron chi connectivity index (χ3n) is 3.22. The van der Waals surface area contributed by atoms with Gasteiger partial charge in [-0.2, -0.15) is 0 Å². The number of nitrogens with zero attached hydrogens (tertiary/aromatic N) is 1. The molecule has 0 bridgehead atoms.